The van der Waals surface area contributed by atoms with Crippen molar-refractivity contribution in [2.75, 3.05) is 85.0 Å². The second-order valence-electron chi connectivity index (χ2n) is 15.6. The SMILES string of the molecule is COCCN1CCCc2cc3c(cc21)C(C)(C)c1cc2c(cc1=C3c1ccccc1C(=O)N(C)CCC(=O)N[C@@H](CS(=O)(=O)O)C(=O)OC)CCC[N+]=2CCOC. The summed E-state index contributed by atoms with van der Waals surface area (Å²) >= 11 is 0. The third kappa shape index (κ3) is 8.94. The van der Waals surface area contributed by atoms with Gasteiger partial charge in [0.05, 0.1) is 13.7 Å². The van der Waals surface area contributed by atoms with Crippen molar-refractivity contribution in [1.29, 1.82) is 0 Å². The van der Waals surface area contributed by atoms with Crippen LogP contribution in [0.4, 0.5) is 5.69 Å². The number of fused-ring (bicyclic) bond motifs is 4. The number of nitrogens with one attached hydrogen (secondary N) is 1. The van der Waals surface area contributed by atoms with Gasteiger partial charge in [0.1, 0.15) is 24.9 Å². The van der Waals surface area contributed by atoms with Crippen molar-refractivity contribution in [3.63, 3.8) is 0 Å². The van der Waals surface area contributed by atoms with Crippen LogP contribution in [-0.4, -0.2) is 122 Å². The molecule has 2 amide bonds. The number of carbonyl (C=O) groups excluding carboxylic acids is 3. The molecule has 3 aromatic rings. The number of carbonyl (C=O) groups is 3. The predicted molar refractivity (Wildman–Crippen MR) is 218 cm³/mol. The number of esters is 1. The molecule has 14 heteroatoms. The summed E-state index contributed by atoms with van der Waals surface area (Å²) in [5.74, 6) is -3.02. The van der Waals surface area contributed by atoms with Gasteiger partial charge in [-0.15, -0.1) is 0 Å². The maximum Gasteiger partial charge on any atom is 0.329 e. The van der Waals surface area contributed by atoms with Crippen LogP contribution in [-0.2, 0) is 52.2 Å². The average molecular weight is 804 g/mol. The fraction of sp³-hybridized carbons (Fsp3) is 0.488. The Morgan fingerprint density at radius 2 is 1.70 bits per heavy atom. The van der Waals surface area contributed by atoms with E-state index in [0.717, 1.165) is 80.9 Å². The molecule has 1 atom stereocenters. The van der Waals surface area contributed by atoms with Crippen LogP contribution in [0.15, 0.2) is 48.5 Å². The van der Waals surface area contributed by atoms with Gasteiger partial charge in [-0.2, -0.15) is 8.42 Å². The summed E-state index contributed by atoms with van der Waals surface area (Å²) in [5.41, 5.74) is 9.10. The lowest BCUT2D eigenvalue weighted by Crippen LogP contribution is -2.46. The van der Waals surface area contributed by atoms with Crippen LogP contribution in [0.3, 0.4) is 0 Å². The van der Waals surface area contributed by atoms with Gasteiger partial charge in [-0.1, -0.05) is 32.0 Å². The normalized spacial score (nSPS) is 16.2. The lowest BCUT2D eigenvalue weighted by Gasteiger charge is -2.39. The Labute approximate surface area is 335 Å². The monoisotopic (exact) mass is 803 g/mol. The van der Waals surface area contributed by atoms with Crippen LogP contribution in [0.25, 0.3) is 5.57 Å². The van der Waals surface area contributed by atoms with Crippen molar-refractivity contribution in [2.45, 2.75) is 57.4 Å². The minimum atomic E-state index is -4.59. The first-order chi connectivity index (χ1) is 27.2. The molecule has 1 aliphatic carbocycles. The number of hydrogen-bond acceptors (Lipinski definition) is 9. The van der Waals surface area contributed by atoms with Crippen molar-refractivity contribution in [1.82, 2.24) is 14.8 Å². The van der Waals surface area contributed by atoms with E-state index in [4.69, 9.17) is 9.47 Å². The molecule has 0 aromatic heterocycles. The standard InChI is InChI=1S/C43H54N4O9S/c1-43(2)34-25-37-28(11-9-16-46(37)19-21-54-4)23-32(34)40(33-24-29-12-10-17-47(20-22-55-5)38(29)26-35(33)43)30-13-7-8-14-31(30)41(49)45(3)18-15-39(48)44-36(42(50)56-6)27-57(51,52)53/h7-8,13-14,23-26,36H,9-12,15-22,27H2,1-6H3,(H-,44,48,51,52,53)/p+1/t36-/m0/s1. The molecule has 306 valence electrons. The highest BCUT2D eigenvalue weighted by molar-refractivity contribution is 7.85. The zero-order valence-electron chi connectivity index (χ0n) is 33.9. The maximum atomic E-state index is 14.4. The second-order valence-corrected chi connectivity index (χ2v) is 17.1. The van der Waals surface area contributed by atoms with Crippen molar-refractivity contribution in [3.8, 4) is 0 Å². The predicted octanol–water partition coefficient (Wildman–Crippen LogP) is 2.06. The number of amides is 2. The first kappa shape index (κ1) is 42.0. The Morgan fingerprint density at radius 1 is 0.965 bits per heavy atom. The van der Waals surface area contributed by atoms with Gasteiger partial charge in [0.25, 0.3) is 16.0 Å². The van der Waals surface area contributed by atoms with Crippen LogP contribution in [0.5, 0.6) is 0 Å². The summed E-state index contributed by atoms with van der Waals surface area (Å²) in [4.78, 5) is 43.4. The van der Waals surface area contributed by atoms with E-state index >= 15 is 0 Å². The van der Waals surface area contributed by atoms with Crippen LogP contribution in [0.2, 0.25) is 0 Å². The van der Waals surface area contributed by atoms with Gasteiger partial charge < -0.3 is 29.3 Å². The molecule has 0 bridgehead atoms. The molecule has 3 aliphatic rings. The van der Waals surface area contributed by atoms with Gasteiger partial charge in [-0.05, 0) is 82.1 Å². The molecule has 0 saturated carbocycles. The quantitative estimate of drug-likeness (QED) is 0.133. The summed E-state index contributed by atoms with van der Waals surface area (Å²) in [6.45, 7) is 9.32. The van der Waals surface area contributed by atoms with Crippen molar-refractivity contribution in [2.24, 2.45) is 0 Å². The van der Waals surface area contributed by atoms with Crippen LogP contribution >= 0.6 is 0 Å². The molecule has 0 unspecified atom stereocenters. The molecule has 6 rings (SSSR count). The Bertz CT molecular complexity index is 2290. The molecule has 0 fully saturated rings. The third-order valence-corrected chi connectivity index (χ3v) is 12.3. The molecule has 57 heavy (non-hydrogen) atoms. The summed E-state index contributed by atoms with van der Waals surface area (Å²) in [5, 5.41) is 4.64. The summed E-state index contributed by atoms with van der Waals surface area (Å²) in [6, 6.07) is 15.4. The number of ether oxygens (including phenoxy) is 3. The molecule has 2 heterocycles. The number of anilines is 1. The van der Waals surface area contributed by atoms with Gasteiger partial charge in [0.15, 0.2) is 6.54 Å². The van der Waals surface area contributed by atoms with Gasteiger partial charge in [0.2, 0.25) is 11.3 Å². The number of aryl methyl sites for hydroxylation is 2. The fourth-order valence-corrected chi connectivity index (χ4v) is 9.21. The fourth-order valence-electron chi connectivity index (χ4n) is 8.56. The number of nitrogens with zero attached hydrogens (tertiary/aromatic N) is 3. The highest BCUT2D eigenvalue weighted by Gasteiger charge is 2.38. The molecule has 0 spiro atoms. The van der Waals surface area contributed by atoms with E-state index in [1.54, 1.807) is 21.3 Å². The van der Waals surface area contributed by atoms with Crippen LogP contribution in [0, 0.1) is 0 Å². The van der Waals surface area contributed by atoms with Gasteiger partial charge >= 0.3 is 5.97 Å². The van der Waals surface area contributed by atoms with Crippen LogP contribution < -0.4 is 25.4 Å². The van der Waals surface area contributed by atoms with Crippen LogP contribution in [0.1, 0.15) is 76.8 Å². The van der Waals surface area contributed by atoms with E-state index in [0.29, 0.717) is 18.8 Å². The Morgan fingerprint density at radius 3 is 2.42 bits per heavy atom. The molecule has 2 N–H and O–H groups in total. The topological polar surface area (TPSA) is 155 Å². The van der Waals surface area contributed by atoms with Gasteiger partial charge in [-0.25, -0.2) is 9.37 Å². The molecular formula is C43H55N4O9S+. The molecule has 0 saturated heterocycles. The maximum absolute atomic E-state index is 14.4. The van der Waals surface area contributed by atoms with E-state index in [1.807, 2.05) is 24.3 Å². The highest BCUT2D eigenvalue weighted by atomic mass is 32.2. The minimum absolute atomic E-state index is 0.0239. The number of hydrogen-bond donors (Lipinski definition) is 2. The third-order valence-electron chi connectivity index (χ3n) is 11.5. The number of benzene rings is 3. The first-order valence-corrected chi connectivity index (χ1v) is 21.2. The Hall–Kier alpha value is -4.63. The van der Waals surface area contributed by atoms with E-state index in [1.165, 1.54) is 38.2 Å². The Balaban J connectivity index is 1.46. The molecular weight excluding hydrogens is 749 g/mol. The Kier molecular flexibility index (Phi) is 12.9. The second kappa shape index (κ2) is 17.5. The van der Waals surface area contributed by atoms with Crippen molar-refractivity contribution < 1.29 is 41.6 Å². The zero-order chi connectivity index (χ0) is 41.1. The van der Waals surface area contributed by atoms with E-state index in [-0.39, 0.29) is 24.3 Å². The number of methoxy groups -OCH3 is 3. The smallest absolute Gasteiger partial charge is 0.329 e. The largest absolute Gasteiger partial charge is 0.467 e. The number of rotatable bonds is 15. The highest BCUT2D eigenvalue weighted by Crippen LogP contribution is 2.44. The van der Waals surface area contributed by atoms with Crippen molar-refractivity contribution in [3.05, 3.63) is 98.1 Å². The summed E-state index contributed by atoms with van der Waals surface area (Å²) < 4.78 is 50.3. The molecule has 2 aliphatic heterocycles. The van der Waals surface area contributed by atoms with E-state index in [2.05, 4.69) is 57.6 Å². The summed E-state index contributed by atoms with van der Waals surface area (Å²) in [6.07, 6.45) is 3.71. The summed E-state index contributed by atoms with van der Waals surface area (Å²) in [7, 11) is 1.53. The average Bonchev–Trinajstić information content (AvgIpc) is 3.19. The van der Waals surface area contributed by atoms with Gasteiger partial charge in [-0.3, -0.25) is 14.1 Å². The lowest BCUT2D eigenvalue weighted by atomic mass is 9.67. The van der Waals surface area contributed by atoms with E-state index < -0.39 is 33.8 Å². The molecule has 0 radical (unpaired) electrons. The zero-order valence-corrected chi connectivity index (χ0v) is 34.7. The molecule has 13 nitrogen and oxygen atoms in total. The first-order valence-electron chi connectivity index (χ1n) is 19.6. The van der Waals surface area contributed by atoms with Gasteiger partial charge in [0, 0.05) is 82.0 Å². The lowest BCUT2D eigenvalue weighted by molar-refractivity contribution is -0.144. The van der Waals surface area contributed by atoms with E-state index in [9.17, 15) is 27.4 Å². The molecule has 3 aromatic carbocycles. The minimum Gasteiger partial charge on any atom is -0.467 e. The van der Waals surface area contributed by atoms with Crippen molar-refractivity contribution >= 4 is 39.2 Å².